The highest BCUT2D eigenvalue weighted by molar-refractivity contribution is 7.09. The second-order valence-corrected chi connectivity index (χ2v) is 7.72. The molecule has 7 heteroatoms. The van der Waals surface area contributed by atoms with E-state index in [9.17, 15) is 0 Å². The van der Waals surface area contributed by atoms with E-state index in [1.54, 1.807) is 17.5 Å². The summed E-state index contributed by atoms with van der Waals surface area (Å²) in [5.41, 5.74) is 5.43. The second kappa shape index (κ2) is 7.98. The van der Waals surface area contributed by atoms with Crippen LogP contribution in [0, 0.1) is 6.92 Å². The first-order chi connectivity index (χ1) is 13.6. The number of imidazole rings is 1. The number of benzene rings is 1. The third kappa shape index (κ3) is 4.14. The first-order valence-corrected chi connectivity index (χ1v) is 10.1. The molecule has 3 heterocycles. The van der Waals surface area contributed by atoms with E-state index >= 15 is 0 Å². The maximum atomic E-state index is 6.03. The largest absolute Gasteiger partial charge is 0.493 e. The van der Waals surface area contributed by atoms with Crippen LogP contribution in [0.2, 0.25) is 0 Å². The Morgan fingerprint density at radius 3 is 2.75 bits per heavy atom. The Morgan fingerprint density at radius 2 is 2.00 bits per heavy atom. The summed E-state index contributed by atoms with van der Waals surface area (Å²) in [6.07, 6.45) is 2.64. The molecule has 1 aromatic carbocycles. The number of nitrogens with one attached hydrogen (secondary N) is 1. The maximum absolute atomic E-state index is 6.03. The monoisotopic (exact) mass is 394 g/mol. The summed E-state index contributed by atoms with van der Waals surface area (Å²) < 4.78 is 12.0. The van der Waals surface area contributed by atoms with Crippen LogP contribution in [-0.2, 0) is 6.42 Å². The maximum Gasteiger partial charge on any atom is 0.178 e. The summed E-state index contributed by atoms with van der Waals surface area (Å²) >= 11 is 1.66. The molecule has 6 nitrogen and oxygen atoms in total. The zero-order valence-corrected chi connectivity index (χ0v) is 16.9. The van der Waals surface area contributed by atoms with Gasteiger partial charge in [-0.15, -0.1) is 11.3 Å². The van der Waals surface area contributed by atoms with Gasteiger partial charge in [-0.25, -0.2) is 15.0 Å². The number of aromatic nitrogens is 4. The van der Waals surface area contributed by atoms with Crippen LogP contribution < -0.4 is 9.47 Å². The van der Waals surface area contributed by atoms with Gasteiger partial charge < -0.3 is 14.5 Å². The number of pyridine rings is 1. The van der Waals surface area contributed by atoms with Gasteiger partial charge in [-0.1, -0.05) is 0 Å². The van der Waals surface area contributed by atoms with Gasteiger partial charge in [0.25, 0.3) is 0 Å². The highest BCUT2D eigenvalue weighted by atomic mass is 32.1. The molecule has 0 amide bonds. The average molecular weight is 395 g/mol. The minimum absolute atomic E-state index is 0.0697. The molecule has 4 rings (SSSR count). The molecule has 0 saturated carbocycles. The Bertz CT molecular complexity index is 1050. The predicted octanol–water partition coefficient (Wildman–Crippen LogP) is 4.80. The number of aryl methyl sites for hydroxylation is 1. The molecule has 0 spiro atoms. The van der Waals surface area contributed by atoms with E-state index < -0.39 is 0 Å². The lowest BCUT2D eigenvalue weighted by Gasteiger charge is -2.13. The van der Waals surface area contributed by atoms with Crippen molar-refractivity contribution in [3.05, 3.63) is 52.6 Å². The molecule has 0 unspecified atom stereocenters. The lowest BCUT2D eigenvalue weighted by Crippen LogP contribution is -2.06. The van der Waals surface area contributed by atoms with E-state index in [4.69, 9.17) is 9.47 Å². The molecular weight excluding hydrogens is 372 g/mol. The molecule has 0 atom stereocenters. The predicted molar refractivity (Wildman–Crippen MR) is 111 cm³/mol. The van der Waals surface area contributed by atoms with Gasteiger partial charge in [0, 0.05) is 29.1 Å². The van der Waals surface area contributed by atoms with Crippen molar-refractivity contribution < 1.29 is 9.47 Å². The second-order valence-electron chi connectivity index (χ2n) is 6.78. The fraction of sp³-hybridized carbons (Fsp3) is 0.286. The van der Waals surface area contributed by atoms with Gasteiger partial charge in [0.1, 0.15) is 17.3 Å². The van der Waals surface area contributed by atoms with Gasteiger partial charge in [-0.05, 0) is 45.0 Å². The van der Waals surface area contributed by atoms with Crippen molar-refractivity contribution in [3.63, 3.8) is 0 Å². The van der Waals surface area contributed by atoms with Crippen molar-refractivity contribution in [1.82, 2.24) is 19.9 Å². The molecule has 0 aliphatic heterocycles. The zero-order valence-electron chi connectivity index (χ0n) is 16.1. The van der Waals surface area contributed by atoms with Crippen molar-refractivity contribution in [3.8, 4) is 22.9 Å². The molecule has 4 aromatic rings. The molecule has 0 radical (unpaired) electrons. The summed E-state index contributed by atoms with van der Waals surface area (Å²) in [4.78, 5) is 17.7. The van der Waals surface area contributed by atoms with Crippen LogP contribution in [0.4, 0.5) is 0 Å². The first-order valence-electron chi connectivity index (χ1n) is 9.23. The lowest BCUT2D eigenvalue weighted by atomic mass is 10.2. The fourth-order valence-corrected chi connectivity index (χ4v) is 3.70. The summed E-state index contributed by atoms with van der Waals surface area (Å²) in [6, 6.07) is 9.72. The number of thiazole rings is 1. The van der Waals surface area contributed by atoms with E-state index in [0.717, 1.165) is 40.5 Å². The number of hydrogen-bond donors (Lipinski definition) is 1. The summed E-state index contributed by atoms with van der Waals surface area (Å²) in [5.74, 6) is 2.25. The zero-order chi connectivity index (χ0) is 19.5. The molecule has 0 aliphatic carbocycles. The highest BCUT2D eigenvalue weighted by Gasteiger charge is 2.11. The van der Waals surface area contributed by atoms with Crippen LogP contribution >= 0.6 is 11.3 Å². The third-order valence-electron chi connectivity index (χ3n) is 4.23. The Kier molecular flexibility index (Phi) is 5.25. The van der Waals surface area contributed by atoms with Crippen molar-refractivity contribution in [2.45, 2.75) is 33.3 Å². The highest BCUT2D eigenvalue weighted by Crippen LogP contribution is 2.30. The van der Waals surface area contributed by atoms with Crippen LogP contribution in [0.3, 0.4) is 0 Å². The molecule has 3 aromatic heterocycles. The molecule has 0 aliphatic rings. The van der Waals surface area contributed by atoms with Gasteiger partial charge in [0.15, 0.2) is 5.65 Å². The van der Waals surface area contributed by atoms with Crippen LogP contribution in [0.5, 0.6) is 11.5 Å². The number of aromatic amines is 1. The minimum Gasteiger partial charge on any atom is -0.493 e. The fourth-order valence-electron chi connectivity index (χ4n) is 2.94. The number of rotatable bonds is 7. The van der Waals surface area contributed by atoms with Crippen molar-refractivity contribution in [2.75, 3.05) is 6.61 Å². The van der Waals surface area contributed by atoms with E-state index in [1.165, 1.54) is 4.88 Å². The third-order valence-corrected chi connectivity index (χ3v) is 5.22. The van der Waals surface area contributed by atoms with Gasteiger partial charge >= 0.3 is 0 Å². The van der Waals surface area contributed by atoms with Crippen molar-refractivity contribution in [1.29, 1.82) is 0 Å². The van der Waals surface area contributed by atoms with E-state index in [2.05, 4.69) is 19.9 Å². The number of ether oxygens (including phenoxy) is 2. The molecule has 28 heavy (non-hydrogen) atoms. The van der Waals surface area contributed by atoms with Crippen molar-refractivity contribution >= 4 is 22.5 Å². The standard InChI is InChI=1S/C21H22N4O2S/c1-13(2)27-17-10-15(20-24-18-5-4-7-22-21(18)25-20)9-16(11-17)26-8-6-19-14(3)23-12-28-19/h4-5,7,9-13H,6,8H2,1-3H3,(H,22,24,25). The normalized spacial score (nSPS) is 11.3. The number of hydrogen-bond acceptors (Lipinski definition) is 6. The Balaban J connectivity index is 1.60. The number of nitrogens with zero attached hydrogens (tertiary/aromatic N) is 3. The summed E-state index contributed by atoms with van der Waals surface area (Å²) in [5, 5.41) is 0. The van der Waals surface area contributed by atoms with E-state index in [-0.39, 0.29) is 6.10 Å². The quantitative estimate of drug-likeness (QED) is 0.487. The number of H-pyrrole nitrogens is 1. The van der Waals surface area contributed by atoms with Crippen molar-refractivity contribution in [2.24, 2.45) is 0 Å². The Labute approximate surface area is 167 Å². The Hall–Kier alpha value is -2.93. The topological polar surface area (TPSA) is 72.9 Å². The summed E-state index contributed by atoms with van der Waals surface area (Å²) in [6.45, 7) is 6.61. The summed E-state index contributed by atoms with van der Waals surface area (Å²) in [7, 11) is 0. The van der Waals surface area contributed by atoms with Crippen LogP contribution in [0.15, 0.2) is 42.0 Å². The van der Waals surface area contributed by atoms with Gasteiger partial charge in [0.2, 0.25) is 0 Å². The van der Waals surface area contributed by atoms with Crippen LogP contribution in [0.1, 0.15) is 24.4 Å². The molecule has 144 valence electrons. The smallest absolute Gasteiger partial charge is 0.178 e. The molecule has 0 bridgehead atoms. The van der Waals surface area contributed by atoms with Gasteiger partial charge in [-0.2, -0.15) is 0 Å². The lowest BCUT2D eigenvalue weighted by molar-refractivity contribution is 0.240. The average Bonchev–Trinajstić information content (AvgIpc) is 3.27. The SMILES string of the molecule is Cc1ncsc1CCOc1cc(OC(C)C)cc(-c2nc3ncccc3[nH]2)c1. The van der Waals surface area contributed by atoms with Gasteiger partial charge in [-0.3, -0.25) is 0 Å². The number of fused-ring (bicyclic) bond motifs is 1. The molecule has 0 saturated heterocycles. The first kappa shape index (κ1) is 18.4. The molecular formula is C21H22N4O2S. The van der Waals surface area contributed by atoms with Crippen LogP contribution in [0.25, 0.3) is 22.6 Å². The van der Waals surface area contributed by atoms with E-state index in [1.807, 2.05) is 56.6 Å². The molecule has 0 fully saturated rings. The minimum atomic E-state index is 0.0697. The van der Waals surface area contributed by atoms with E-state index in [0.29, 0.717) is 12.3 Å². The van der Waals surface area contributed by atoms with Crippen LogP contribution in [-0.4, -0.2) is 32.6 Å². The van der Waals surface area contributed by atoms with Gasteiger partial charge in [0.05, 0.1) is 29.4 Å². The Morgan fingerprint density at radius 1 is 1.14 bits per heavy atom. The molecule has 1 N–H and O–H groups in total.